The average molecular weight is 393 g/mol. The minimum Gasteiger partial charge on any atom is -0.342 e. The van der Waals surface area contributed by atoms with Gasteiger partial charge in [-0.15, -0.1) is 0 Å². The predicted octanol–water partition coefficient (Wildman–Crippen LogP) is 2.20. The van der Waals surface area contributed by atoms with Gasteiger partial charge in [-0.05, 0) is 55.9 Å². The number of benzene rings is 1. The van der Waals surface area contributed by atoms with Gasteiger partial charge in [0.25, 0.3) is 5.91 Å². The van der Waals surface area contributed by atoms with Crippen molar-refractivity contribution in [3.8, 4) is 0 Å². The highest BCUT2D eigenvalue weighted by molar-refractivity contribution is 7.90. The molecule has 1 atom stereocenters. The lowest BCUT2D eigenvalue weighted by atomic mass is 9.92. The molecule has 2 amide bonds. The Hall–Kier alpha value is -1.89. The second kappa shape index (κ2) is 8.00. The number of amides is 2. The van der Waals surface area contributed by atoms with Crippen LogP contribution in [0.3, 0.4) is 0 Å². The molecular weight excluding hydrogens is 364 g/mol. The van der Waals surface area contributed by atoms with E-state index in [0.717, 1.165) is 25.8 Å². The zero-order chi connectivity index (χ0) is 19.6. The van der Waals surface area contributed by atoms with Gasteiger partial charge in [0.05, 0.1) is 4.90 Å². The third kappa shape index (κ3) is 4.69. The lowest BCUT2D eigenvalue weighted by molar-refractivity contribution is -0.138. The number of carbonyl (C=O) groups excluding carboxylic acids is 2. The molecule has 0 radical (unpaired) electrons. The first-order valence-corrected chi connectivity index (χ1v) is 11.5. The minimum absolute atomic E-state index is 0.00644. The van der Waals surface area contributed by atoms with Gasteiger partial charge < -0.3 is 9.80 Å². The van der Waals surface area contributed by atoms with E-state index in [0.29, 0.717) is 37.4 Å². The molecule has 7 heteroatoms. The van der Waals surface area contributed by atoms with E-state index in [2.05, 4.69) is 6.92 Å². The molecule has 2 saturated heterocycles. The fourth-order valence-corrected chi connectivity index (χ4v) is 4.64. The molecule has 1 unspecified atom stereocenters. The van der Waals surface area contributed by atoms with E-state index in [4.69, 9.17) is 0 Å². The number of carbonyl (C=O) groups is 2. The third-order valence-corrected chi connectivity index (χ3v) is 6.76. The van der Waals surface area contributed by atoms with Crippen molar-refractivity contribution in [2.45, 2.75) is 37.5 Å². The van der Waals surface area contributed by atoms with Crippen molar-refractivity contribution in [3.05, 3.63) is 29.8 Å². The van der Waals surface area contributed by atoms with Crippen molar-refractivity contribution >= 4 is 21.7 Å². The number of hydrogen-bond donors (Lipinski definition) is 0. The van der Waals surface area contributed by atoms with E-state index >= 15 is 0 Å². The molecule has 2 heterocycles. The first-order valence-electron chi connectivity index (χ1n) is 9.64. The maximum absolute atomic E-state index is 12.7. The lowest BCUT2D eigenvalue weighted by Crippen LogP contribution is -2.47. The van der Waals surface area contributed by atoms with Gasteiger partial charge in [-0.1, -0.05) is 6.92 Å². The van der Waals surface area contributed by atoms with E-state index in [9.17, 15) is 18.0 Å². The van der Waals surface area contributed by atoms with Gasteiger partial charge in [-0.3, -0.25) is 9.59 Å². The van der Waals surface area contributed by atoms with Crippen molar-refractivity contribution < 1.29 is 18.0 Å². The maximum Gasteiger partial charge on any atom is 0.253 e. The van der Waals surface area contributed by atoms with Crippen LogP contribution in [0.4, 0.5) is 0 Å². The number of hydrogen-bond acceptors (Lipinski definition) is 4. The second-order valence-electron chi connectivity index (χ2n) is 7.89. The van der Waals surface area contributed by atoms with Gasteiger partial charge in [-0.2, -0.15) is 0 Å². The van der Waals surface area contributed by atoms with E-state index in [1.54, 1.807) is 17.0 Å². The van der Waals surface area contributed by atoms with Crippen LogP contribution in [0.25, 0.3) is 0 Å². The van der Waals surface area contributed by atoms with Crippen LogP contribution in [-0.4, -0.2) is 62.5 Å². The van der Waals surface area contributed by atoms with Crippen molar-refractivity contribution in [3.63, 3.8) is 0 Å². The Bertz CT molecular complexity index is 796. The summed E-state index contributed by atoms with van der Waals surface area (Å²) in [4.78, 5) is 29.4. The number of sulfone groups is 1. The SMILES string of the molecule is CC1CCCN(C(=O)C2CCN(C(=O)c3ccc(S(C)(=O)=O)cc3)CC2)C1. The van der Waals surface area contributed by atoms with Crippen LogP contribution in [-0.2, 0) is 14.6 Å². The van der Waals surface area contributed by atoms with Gasteiger partial charge in [0.15, 0.2) is 9.84 Å². The van der Waals surface area contributed by atoms with Crippen LogP contribution in [0.5, 0.6) is 0 Å². The molecule has 0 spiro atoms. The van der Waals surface area contributed by atoms with E-state index in [-0.39, 0.29) is 22.6 Å². The van der Waals surface area contributed by atoms with E-state index < -0.39 is 9.84 Å². The average Bonchev–Trinajstić information content (AvgIpc) is 2.66. The topological polar surface area (TPSA) is 74.8 Å². The monoisotopic (exact) mass is 392 g/mol. The summed E-state index contributed by atoms with van der Waals surface area (Å²) in [5.41, 5.74) is 0.483. The normalized spacial score (nSPS) is 21.9. The largest absolute Gasteiger partial charge is 0.342 e. The summed E-state index contributed by atoms with van der Waals surface area (Å²) in [6.07, 6.45) is 4.80. The first kappa shape index (κ1) is 19.9. The number of rotatable bonds is 3. The van der Waals surface area contributed by atoms with Crippen LogP contribution < -0.4 is 0 Å². The molecule has 2 aliphatic rings. The highest BCUT2D eigenvalue weighted by Gasteiger charge is 2.32. The molecule has 148 valence electrons. The molecular formula is C20H28N2O4S. The maximum atomic E-state index is 12.7. The summed E-state index contributed by atoms with van der Waals surface area (Å²) in [6, 6.07) is 6.06. The summed E-state index contributed by atoms with van der Waals surface area (Å²) in [6.45, 7) is 5.02. The van der Waals surface area contributed by atoms with E-state index in [1.165, 1.54) is 18.6 Å². The van der Waals surface area contributed by atoms with Crippen LogP contribution in [0.1, 0.15) is 43.0 Å². The van der Waals surface area contributed by atoms with Crippen LogP contribution >= 0.6 is 0 Å². The Labute approximate surface area is 161 Å². The van der Waals surface area contributed by atoms with Gasteiger partial charge in [0.2, 0.25) is 5.91 Å². The number of nitrogens with zero attached hydrogens (tertiary/aromatic N) is 2. The molecule has 27 heavy (non-hydrogen) atoms. The second-order valence-corrected chi connectivity index (χ2v) is 9.91. The summed E-state index contributed by atoms with van der Waals surface area (Å²) < 4.78 is 23.1. The molecule has 0 N–H and O–H groups in total. The Morgan fingerprint density at radius 3 is 2.15 bits per heavy atom. The van der Waals surface area contributed by atoms with Crippen molar-refractivity contribution in [2.24, 2.45) is 11.8 Å². The third-order valence-electron chi connectivity index (χ3n) is 5.63. The zero-order valence-corrected chi connectivity index (χ0v) is 16.9. The summed E-state index contributed by atoms with van der Waals surface area (Å²) >= 11 is 0. The molecule has 2 fully saturated rings. The van der Waals surface area contributed by atoms with Crippen molar-refractivity contribution in [1.82, 2.24) is 9.80 Å². The Morgan fingerprint density at radius 1 is 0.963 bits per heavy atom. The van der Waals surface area contributed by atoms with Crippen LogP contribution in [0, 0.1) is 11.8 Å². The van der Waals surface area contributed by atoms with Crippen molar-refractivity contribution in [1.29, 1.82) is 0 Å². The molecule has 0 aromatic heterocycles. The standard InChI is InChI=1S/C20H28N2O4S/c1-15-4-3-11-22(14-15)20(24)17-9-12-21(13-10-17)19(23)16-5-7-18(8-6-16)27(2,25)26/h5-8,15,17H,3-4,9-14H2,1-2H3. The van der Waals surface area contributed by atoms with Gasteiger partial charge in [0.1, 0.15) is 0 Å². The zero-order valence-electron chi connectivity index (χ0n) is 16.1. The fraction of sp³-hybridized carbons (Fsp3) is 0.600. The van der Waals surface area contributed by atoms with E-state index in [1.807, 2.05) is 4.90 Å². The quantitative estimate of drug-likeness (QED) is 0.790. The molecule has 0 aliphatic carbocycles. The highest BCUT2D eigenvalue weighted by Crippen LogP contribution is 2.24. The molecule has 0 bridgehead atoms. The Kier molecular flexibility index (Phi) is 5.89. The molecule has 6 nitrogen and oxygen atoms in total. The minimum atomic E-state index is -3.27. The predicted molar refractivity (Wildman–Crippen MR) is 103 cm³/mol. The molecule has 0 saturated carbocycles. The smallest absolute Gasteiger partial charge is 0.253 e. The Balaban J connectivity index is 1.57. The molecule has 2 aliphatic heterocycles. The number of likely N-dealkylation sites (tertiary alicyclic amines) is 2. The molecule has 3 rings (SSSR count). The fourth-order valence-electron chi connectivity index (χ4n) is 4.00. The van der Waals surface area contributed by atoms with Gasteiger partial charge >= 0.3 is 0 Å². The highest BCUT2D eigenvalue weighted by atomic mass is 32.2. The summed E-state index contributed by atoms with van der Waals surface area (Å²) in [5, 5.41) is 0. The number of piperidine rings is 2. The molecule has 1 aromatic carbocycles. The van der Waals surface area contributed by atoms with Crippen LogP contribution in [0.15, 0.2) is 29.2 Å². The van der Waals surface area contributed by atoms with Gasteiger partial charge in [0, 0.05) is 43.9 Å². The molecule has 1 aromatic rings. The van der Waals surface area contributed by atoms with Crippen LogP contribution in [0.2, 0.25) is 0 Å². The summed E-state index contributed by atoms with van der Waals surface area (Å²) in [7, 11) is -3.27. The lowest BCUT2D eigenvalue weighted by Gasteiger charge is -2.37. The van der Waals surface area contributed by atoms with Gasteiger partial charge in [-0.25, -0.2) is 8.42 Å². The first-order chi connectivity index (χ1) is 12.8. The van der Waals surface area contributed by atoms with Crippen molar-refractivity contribution in [2.75, 3.05) is 32.4 Å². The summed E-state index contributed by atoms with van der Waals surface area (Å²) in [5.74, 6) is 0.713. The Morgan fingerprint density at radius 2 is 1.59 bits per heavy atom.